The SMILES string of the molecule is Cc1nc2c3c(nn2c(C)c1Cl)CN(C(=O)c1ccc(F)cc1O[C@H]1C[C@@H](CCCF)C1)C3. The van der Waals surface area contributed by atoms with E-state index >= 15 is 0 Å². The minimum atomic E-state index is -0.454. The number of hydrogen-bond acceptors (Lipinski definition) is 4. The molecule has 33 heavy (non-hydrogen) atoms. The molecule has 0 atom stereocenters. The van der Waals surface area contributed by atoms with Gasteiger partial charge in [-0.1, -0.05) is 11.6 Å². The number of rotatable bonds is 6. The van der Waals surface area contributed by atoms with Crippen LogP contribution in [0.5, 0.6) is 5.75 Å². The number of fused-ring (bicyclic) bond motifs is 3. The fourth-order valence-electron chi connectivity index (χ4n) is 4.75. The standard InChI is InChI=1S/C24H25ClF2N4O2/c1-13-22(25)14(2)31-23(28-13)19-11-30(12-20(19)29-31)24(32)18-6-5-16(27)10-21(18)33-17-8-15(9-17)4-3-7-26/h5-6,10,15,17H,3-4,7-9,11-12H2,1-2H3/t15-,17+. The summed E-state index contributed by atoms with van der Waals surface area (Å²) in [6, 6.07) is 4.01. The monoisotopic (exact) mass is 474 g/mol. The first-order valence-corrected chi connectivity index (χ1v) is 11.6. The molecule has 1 fully saturated rings. The van der Waals surface area contributed by atoms with Crippen LogP contribution in [0.3, 0.4) is 0 Å². The maximum Gasteiger partial charge on any atom is 0.258 e. The van der Waals surface area contributed by atoms with Crippen LogP contribution in [0.2, 0.25) is 5.02 Å². The van der Waals surface area contributed by atoms with Crippen LogP contribution in [0.15, 0.2) is 18.2 Å². The van der Waals surface area contributed by atoms with Gasteiger partial charge in [0.1, 0.15) is 11.6 Å². The molecule has 0 bridgehead atoms. The second-order valence-corrected chi connectivity index (χ2v) is 9.35. The molecule has 5 rings (SSSR count). The van der Waals surface area contributed by atoms with E-state index in [1.165, 1.54) is 18.2 Å². The number of aromatic nitrogens is 3. The van der Waals surface area contributed by atoms with Crippen LogP contribution < -0.4 is 4.74 Å². The highest BCUT2D eigenvalue weighted by Crippen LogP contribution is 2.37. The molecule has 0 unspecified atom stereocenters. The molecule has 0 N–H and O–H groups in total. The van der Waals surface area contributed by atoms with Crippen molar-refractivity contribution in [2.45, 2.75) is 58.7 Å². The predicted octanol–water partition coefficient (Wildman–Crippen LogP) is 5.20. The molecule has 0 saturated heterocycles. The lowest BCUT2D eigenvalue weighted by Gasteiger charge is -2.35. The molecule has 9 heteroatoms. The maximum absolute atomic E-state index is 14.0. The Labute approximate surface area is 195 Å². The molecule has 1 amide bonds. The topological polar surface area (TPSA) is 59.7 Å². The molecule has 2 aliphatic rings. The van der Waals surface area contributed by atoms with E-state index in [1.807, 2.05) is 13.8 Å². The molecular formula is C24H25ClF2N4O2. The highest BCUT2D eigenvalue weighted by Gasteiger charge is 2.34. The van der Waals surface area contributed by atoms with Crippen molar-refractivity contribution in [2.24, 2.45) is 5.92 Å². The highest BCUT2D eigenvalue weighted by molar-refractivity contribution is 6.31. The molecule has 2 aromatic heterocycles. The number of aryl methyl sites for hydroxylation is 2. The fourth-order valence-corrected chi connectivity index (χ4v) is 4.87. The van der Waals surface area contributed by atoms with E-state index in [9.17, 15) is 13.6 Å². The van der Waals surface area contributed by atoms with Gasteiger partial charge in [0.2, 0.25) is 0 Å². The Kier molecular flexibility index (Phi) is 5.72. The smallest absolute Gasteiger partial charge is 0.258 e. The first-order valence-electron chi connectivity index (χ1n) is 11.2. The van der Waals surface area contributed by atoms with Gasteiger partial charge in [0, 0.05) is 11.6 Å². The highest BCUT2D eigenvalue weighted by atomic mass is 35.5. The van der Waals surface area contributed by atoms with Gasteiger partial charge in [-0.25, -0.2) is 13.9 Å². The van der Waals surface area contributed by atoms with Crippen LogP contribution in [0.4, 0.5) is 8.78 Å². The van der Waals surface area contributed by atoms with Gasteiger partial charge in [-0.15, -0.1) is 0 Å². The summed E-state index contributed by atoms with van der Waals surface area (Å²) in [4.78, 5) is 19.6. The number of carbonyl (C=O) groups is 1. The van der Waals surface area contributed by atoms with Crippen LogP contribution in [0.25, 0.3) is 5.65 Å². The lowest BCUT2D eigenvalue weighted by molar-refractivity contribution is 0.0552. The molecular weight excluding hydrogens is 450 g/mol. The van der Waals surface area contributed by atoms with E-state index < -0.39 is 5.82 Å². The van der Waals surface area contributed by atoms with Crippen molar-refractivity contribution in [3.63, 3.8) is 0 Å². The van der Waals surface area contributed by atoms with E-state index in [-0.39, 0.29) is 24.4 Å². The van der Waals surface area contributed by atoms with Gasteiger partial charge in [-0.3, -0.25) is 9.18 Å². The van der Waals surface area contributed by atoms with E-state index in [2.05, 4.69) is 10.1 Å². The second-order valence-electron chi connectivity index (χ2n) is 8.97. The van der Waals surface area contributed by atoms with E-state index in [0.29, 0.717) is 47.4 Å². The largest absolute Gasteiger partial charge is 0.489 e. The normalized spacial score (nSPS) is 19.6. The molecule has 174 valence electrons. The number of hydrogen-bond donors (Lipinski definition) is 0. The number of ether oxygens (including phenoxy) is 1. The maximum atomic E-state index is 14.0. The number of halogens is 3. The summed E-state index contributed by atoms with van der Waals surface area (Å²) in [6.45, 7) is 4.11. The Bertz CT molecular complexity index is 1240. The minimum Gasteiger partial charge on any atom is -0.489 e. The Hall–Kier alpha value is -2.74. The van der Waals surface area contributed by atoms with Gasteiger partial charge >= 0.3 is 0 Å². The summed E-state index contributed by atoms with van der Waals surface area (Å²) >= 11 is 6.31. The van der Waals surface area contributed by atoms with Crippen molar-refractivity contribution in [1.82, 2.24) is 19.5 Å². The van der Waals surface area contributed by atoms with Gasteiger partial charge in [0.05, 0.1) is 53.5 Å². The van der Waals surface area contributed by atoms with Crippen molar-refractivity contribution < 1.29 is 18.3 Å². The molecule has 1 aliphatic heterocycles. The molecule has 0 spiro atoms. The predicted molar refractivity (Wildman–Crippen MR) is 120 cm³/mol. The van der Waals surface area contributed by atoms with Gasteiger partial charge in [-0.05, 0) is 57.6 Å². The molecule has 1 aliphatic carbocycles. The number of amides is 1. The van der Waals surface area contributed by atoms with E-state index in [0.717, 1.165) is 36.2 Å². The fraction of sp³-hybridized carbons (Fsp3) is 0.458. The number of alkyl halides is 1. The van der Waals surface area contributed by atoms with Gasteiger partial charge in [-0.2, -0.15) is 5.10 Å². The molecule has 3 heterocycles. The van der Waals surface area contributed by atoms with Crippen LogP contribution in [-0.4, -0.2) is 38.2 Å². The third-order valence-corrected chi connectivity index (χ3v) is 7.20. The zero-order valence-electron chi connectivity index (χ0n) is 18.6. The first kappa shape index (κ1) is 22.1. The Morgan fingerprint density at radius 3 is 2.82 bits per heavy atom. The van der Waals surface area contributed by atoms with Crippen molar-refractivity contribution >= 4 is 23.2 Å². The minimum absolute atomic E-state index is 0.0807. The van der Waals surface area contributed by atoms with E-state index in [1.54, 1.807) is 9.42 Å². The van der Waals surface area contributed by atoms with Crippen molar-refractivity contribution in [1.29, 1.82) is 0 Å². The van der Waals surface area contributed by atoms with Crippen LogP contribution in [0.1, 0.15) is 58.7 Å². The van der Waals surface area contributed by atoms with Crippen LogP contribution in [-0.2, 0) is 13.1 Å². The lowest BCUT2D eigenvalue weighted by Crippen LogP contribution is -2.35. The Morgan fingerprint density at radius 1 is 1.27 bits per heavy atom. The number of carbonyl (C=O) groups excluding carboxylic acids is 1. The summed E-state index contributed by atoms with van der Waals surface area (Å²) in [6.07, 6.45) is 2.90. The van der Waals surface area contributed by atoms with Gasteiger partial charge < -0.3 is 9.64 Å². The zero-order chi connectivity index (χ0) is 23.3. The summed E-state index contributed by atoms with van der Waals surface area (Å²) < 4.78 is 34.1. The average molecular weight is 475 g/mol. The first-order chi connectivity index (χ1) is 15.9. The average Bonchev–Trinajstić information content (AvgIpc) is 3.32. The molecule has 3 aromatic rings. The number of nitrogens with zero attached hydrogens (tertiary/aromatic N) is 4. The van der Waals surface area contributed by atoms with Crippen molar-refractivity contribution in [2.75, 3.05) is 6.67 Å². The van der Waals surface area contributed by atoms with Gasteiger partial charge in [0.15, 0.2) is 5.65 Å². The van der Waals surface area contributed by atoms with E-state index in [4.69, 9.17) is 16.3 Å². The quantitative estimate of drug-likeness (QED) is 0.492. The zero-order valence-corrected chi connectivity index (χ0v) is 19.3. The molecule has 0 radical (unpaired) electrons. The Morgan fingerprint density at radius 2 is 2.06 bits per heavy atom. The van der Waals surface area contributed by atoms with Crippen molar-refractivity contribution in [3.05, 3.63) is 57.2 Å². The summed E-state index contributed by atoms with van der Waals surface area (Å²) in [7, 11) is 0. The summed E-state index contributed by atoms with van der Waals surface area (Å²) in [5.74, 6) is -0.0123. The van der Waals surface area contributed by atoms with Crippen molar-refractivity contribution in [3.8, 4) is 5.75 Å². The summed E-state index contributed by atoms with van der Waals surface area (Å²) in [5.41, 5.74) is 4.23. The molecule has 1 aromatic carbocycles. The number of benzene rings is 1. The van der Waals surface area contributed by atoms with Crippen LogP contribution >= 0.6 is 11.6 Å². The lowest BCUT2D eigenvalue weighted by atomic mass is 9.79. The second kappa shape index (κ2) is 8.56. The molecule has 6 nitrogen and oxygen atoms in total. The third-order valence-electron chi connectivity index (χ3n) is 6.65. The molecule has 1 saturated carbocycles. The Balaban J connectivity index is 1.34. The third kappa shape index (κ3) is 3.94. The van der Waals surface area contributed by atoms with Gasteiger partial charge in [0.25, 0.3) is 5.91 Å². The summed E-state index contributed by atoms with van der Waals surface area (Å²) in [5, 5.41) is 5.20. The van der Waals surface area contributed by atoms with Crippen LogP contribution in [0, 0.1) is 25.6 Å².